The number of hydrogen-bond acceptors (Lipinski definition) is 20. The monoisotopic (exact) mass is 597 g/mol. The minimum absolute atomic E-state index is 0.345. The largest absolute Gasteiger partial charge is 0.790 e. The third-order valence-corrected chi connectivity index (χ3v) is 8.25. The van der Waals surface area contributed by atoms with Gasteiger partial charge in [0, 0.05) is 0 Å². The van der Waals surface area contributed by atoms with E-state index in [9.17, 15) is 57.5 Å². The number of nitrogens with zero attached hydrogens (tertiary/aromatic N) is 3. The van der Waals surface area contributed by atoms with Crippen molar-refractivity contribution in [2.45, 2.75) is 24.5 Å². The molecule has 0 radical (unpaired) electrons. The van der Waals surface area contributed by atoms with Crippen molar-refractivity contribution >= 4 is 48.4 Å². The molecule has 0 bridgehead atoms. The second kappa shape index (κ2) is 10.0. The number of fused-ring (bicyclic) bond motifs is 1. The van der Waals surface area contributed by atoms with Gasteiger partial charge in [-0.15, -0.1) is 0 Å². The number of aromatic amines is 1. The van der Waals surface area contributed by atoms with Crippen LogP contribution in [0, 0.1) is 0 Å². The maximum Gasteiger partial charge on any atom is 0.280 e. The van der Waals surface area contributed by atoms with Crippen LogP contribution in [-0.4, -0.2) is 49.5 Å². The SMILES string of the molecule is Nc1nc2c(ncn2[C@@H]2O[C@H](COP(=O)([O-])OP(=O)([O-])[O-])[C@@H](OP(=O)([O-])OP(=O)([O-])[O-])[C@H]2O)c(=O)[nH]1. The maximum atomic E-state index is 12.0. The number of phosphoric ester groups is 2. The summed E-state index contributed by atoms with van der Waals surface area (Å²) < 4.78 is 65.6. The van der Waals surface area contributed by atoms with Crippen LogP contribution < -0.4 is 40.7 Å². The number of hydrogen-bond donors (Lipinski definition) is 3. The second-order valence-electron chi connectivity index (χ2n) is 6.65. The molecule has 3 heterocycles. The molecular formula is C10H11N5O17P4-6. The van der Waals surface area contributed by atoms with Gasteiger partial charge in [0.05, 0.1) is 28.6 Å². The van der Waals surface area contributed by atoms with Crippen LogP contribution >= 0.6 is 31.3 Å². The molecule has 204 valence electrons. The first kappa shape index (κ1) is 29.2. The third-order valence-electron chi connectivity index (χ3n) is 4.08. The molecule has 22 nitrogen and oxygen atoms in total. The van der Waals surface area contributed by atoms with E-state index in [-0.39, 0.29) is 11.2 Å². The number of nitrogen functional groups attached to an aromatic ring is 1. The van der Waals surface area contributed by atoms with Gasteiger partial charge in [0.25, 0.3) is 21.2 Å². The van der Waals surface area contributed by atoms with E-state index in [4.69, 9.17) is 10.5 Å². The van der Waals surface area contributed by atoms with Gasteiger partial charge < -0.3 is 63.1 Å². The van der Waals surface area contributed by atoms with Crippen molar-refractivity contribution < 1.29 is 75.1 Å². The molecule has 36 heavy (non-hydrogen) atoms. The number of ether oxygens (including phenoxy) is 1. The Hall–Kier alpha value is -1.41. The smallest absolute Gasteiger partial charge is 0.280 e. The Labute approximate surface area is 197 Å². The van der Waals surface area contributed by atoms with Crippen LogP contribution in [0.25, 0.3) is 11.2 Å². The van der Waals surface area contributed by atoms with Gasteiger partial charge in [-0.25, -0.2) is 4.98 Å². The van der Waals surface area contributed by atoms with E-state index in [1.165, 1.54) is 0 Å². The molecule has 0 saturated carbocycles. The topological polar surface area (TPSA) is 363 Å². The molecular weight excluding hydrogens is 586 g/mol. The molecule has 1 aliphatic rings. The van der Waals surface area contributed by atoms with Crippen LogP contribution in [-0.2, 0) is 40.7 Å². The number of aliphatic hydroxyl groups is 1. The zero-order chi connectivity index (χ0) is 27.3. The van der Waals surface area contributed by atoms with Gasteiger partial charge in [-0.05, 0) is 0 Å². The average Bonchev–Trinajstić information content (AvgIpc) is 3.18. The number of imidazole rings is 1. The minimum atomic E-state index is -6.20. The van der Waals surface area contributed by atoms with Gasteiger partial charge in [-0.1, -0.05) is 0 Å². The Balaban J connectivity index is 1.95. The predicted octanol–water partition coefficient (Wildman–Crippen LogP) is -6.01. The summed E-state index contributed by atoms with van der Waals surface area (Å²) in [6, 6.07) is 0. The van der Waals surface area contributed by atoms with Crippen LogP contribution in [0.15, 0.2) is 11.1 Å². The Morgan fingerprint density at radius 2 is 1.67 bits per heavy atom. The summed E-state index contributed by atoms with van der Waals surface area (Å²) in [4.78, 5) is 87.3. The summed E-state index contributed by atoms with van der Waals surface area (Å²) >= 11 is 0. The number of nitrogens with one attached hydrogen (secondary N) is 1. The first-order chi connectivity index (χ1) is 16.3. The Morgan fingerprint density at radius 3 is 2.25 bits per heavy atom. The summed E-state index contributed by atoms with van der Waals surface area (Å²) in [5.41, 5.74) is 3.89. The maximum absolute atomic E-state index is 12.0. The lowest BCUT2D eigenvalue weighted by Gasteiger charge is -2.37. The summed E-state index contributed by atoms with van der Waals surface area (Å²) in [6.07, 6.45) is -7.55. The lowest BCUT2D eigenvalue weighted by atomic mass is 10.1. The molecule has 0 aromatic carbocycles. The number of aliphatic hydroxyl groups excluding tert-OH is 1. The van der Waals surface area contributed by atoms with Gasteiger partial charge in [0.2, 0.25) is 5.95 Å². The number of phosphoric acid groups is 4. The normalized spacial score (nSPS) is 26.6. The summed E-state index contributed by atoms with van der Waals surface area (Å²) in [5.74, 6) is -0.433. The number of anilines is 1. The van der Waals surface area contributed by atoms with Crippen LogP contribution in [0.5, 0.6) is 0 Å². The van der Waals surface area contributed by atoms with E-state index in [1.54, 1.807) is 0 Å². The van der Waals surface area contributed by atoms with E-state index in [2.05, 4.69) is 32.6 Å². The van der Waals surface area contributed by atoms with Gasteiger partial charge in [0.15, 0.2) is 17.4 Å². The van der Waals surface area contributed by atoms with Crippen molar-refractivity contribution in [1.29, 1.82) is 0 Å². The zero-order valence-electron chi connectivity index (χ0n) is 16.8. The quantitative estimate of drug-likeness (QED) is 0.214. The molecule has 1 fully saturated rings. The first-order valence-electron chi connectivity index (χ1n) is 8.75. The Kier molecular flexibility index (Phi) is 8.14. The molecule has 6 atom stereocenters. The third kappa shape index (κ3) is 7.33. The van der Waals surface area contributed by atoms with Crippen LogP contribution in [0.4, 0.5) is 5.95 Å². The minimum Gasteiger partial charge on any atom is -0.790 e. The van der Waals surface area contributed by atoms with Crippen molar-refractivity contribution in [1.82, 2.24) is 19.5 Å². The number of nitrogens with two attached hydrogens (primary N) is 1. The molecule has 0 amide bonds. The zero-order valence-corrected chi connectivity index (χ0v) is 20.4. The fraction of sp³-hybridized carbons (Fsp3) is 0.500. The standard InChI is InChI=1S/C10H17N5O17P4/c11-10-13-7-4(8(17)14-10)12-2-15(7)9-5(16)6(30-36(26,27)32-34(21,22)23)3(29-9)1-28-35(24,25)31-33(18,19)20/h2-3,5-6,9,16H,1H2,(H,24,25)(H,26,27)(H2,18,19,20)(H2,21,22,23)(H3,11,13,14,17)/p-6/t3-,5-,6-,9-/m1/s1. The Morgan fingerprint density at radius 1 is 1.08 bits per heavy atom. The van der Waals surface area contributed by atoms with Gasteiger partial charge >= 0.3 is 0 Å². The molecule has 1 saturated heterocycles. The predicted molar refractivity (Wildman–Crippen MR) is 95.9 cm³/mol. The van der Waals surface area contributed by atoms with Gasteiger partial charge in [-0.2, -0.15) is 4.98 Å². The highest BCUT2D eigenvalue weighted by Gasteiger charge is 2.48. The number of H-pyrrole nitrogens is 1. The highest BCUT2D eigenvalue weighted by atomic mass is 31.3. The molecule has 0 spiro atoms. The fourth-order valence-electron chi connectivity index (χ4n) is 2.94. The number of aromatic nitrogens is 4. The molecule has 3 rings (SSSR count). The summed E-state index contributed by atoms with van der Waals surface area (Å²) in [7, 11) is -24.3. The van der Waals surface area contributed by atoms with Gasteiger partial charge in [-0.3, -0.25) is 32.1 Å². The van der Waals surface area contributed by atoms with Crippen LogP contribution in [0.2, 0.25) is 0 Å². The highest BCUT2D eigenvalue weighted by Crippen LogP contribution is 2.54. The van der Waals surface area contributed by atoms with E-state index in [1.807, 2.05) is 0 Å². The molecule has 2 aromatic heterocycles. The van der Waals surface area contributed by atoms with Gasteiger partial charge in [0.1, 0.15) is 18.3 Å². The van der Waals surface area contributed by atoms with Crippen LogP contribution in [0.1, 0.15) is 6.23 Å². The first-order valence-corrected chi connectivity index (χ1v) is 14.6. The molecule has 0 aliphatic carbocycles. The number of rotatable bonds is 10. The van der Waals surface area contributed by atoms with Crippen molar-refractivity contribution in [3.8, 4) is 0 Å². The summed E-state index contributed by atoms with van der Waals surface area (Å²) in [6.45, 7) is -1.41. The lowest BCUT2D eigenvalue weighted by Crippen LogP contribution is -2.37. The van der Waals surface area contributed by atoms with E-state index >= 15 is 0 Å². The molecule has 1 aliphatic heterocycles. The second-order valence-corrected chi connectivity index (χ2v) is 12.0. The van der Waals surface area contributed by atoms with Crippen molar-refractivity contribution in [3.05, 3.63) is 16.7 Å². The highest BCUT2D eigenvalue weighted by molar-refractivity contribution is 7.59. The fourth-order valence-corrected chi connectivity index (χ4v) is 6.13. The van der Waals surface area contributed by atoms with E-state index < -0.39 is 73.9 Å². The van der Waals surface area contributed by atoms with Crippen molar-refractivity contribution in [2.75, 3.05) is 12.3 Å². The molecule has 26 heteroatoms. The lowest BCUT2D eigenvalue weighted by molar-refractivity contribution is -0.342. The Bertz CT molecular complexity index is 1380. The molecule has 4 N–H and O–H groups in total. The average molecular weight is 597 g/mol. The molecule has 2 unspecified atom stereocenters. The van der Waals surface area contributed by atoms with E-state index in [0.717, 1.165) is 10.9 Å². The van der Waals surface area contributed by atoms with Crippen LogP contribution in [0.3, 0.4) is 0 Å². The van der Waals surface area contributed by atoms with Crippen molar-refractivity contribution in [3.63, 3.8) is 0 Å². The van der Waals surface area contributed by atoms with Crippen molar-refractivity contribution in [2.24, 2.45) is 0 Å². The summed E-state index contributed by atoms with van der Waals surface area (Å²) in [5, 5.41) is 10.6. The molecule has 2 aromatic rings. The van der Waals surface area contributed by atoms with E-state index in [0.29, 0.717) is 0 Å².